The summed E-state index contributed by atoms with van der Waals surface area (Å²) in [6, 6.07) is 15.6. The number of benzene rings is 2. The normalized spacial score (nSPS) is 11.1. The van der Waals surface area contributed by atoms with Crippen LogP contribution < -0.4 is 15.4 Å². The molecule has 0 radical (unpaired) electrons. The third-order valence-electron chi connectivity index (χ3n) is 3.57. The molecule has 128 valence electrons. The van der Waals surface area contributed by atoms with Crippen LogP contribution in [0.5, 0.6) is 0 Å². The summed E-state index contributed by atoms with van der Waals surface area (Å²) in [6.07, 6.45) is 0.600. The molecule has 2 aromatic rings. The summed E-state index contributed by atoms with van der Waals surface area (Å²) in [7, 11) is -3.68. The quantitative estimate of drug-likeness (QED) is 0.838. The second-order valence-electron chi connectivity index (χ2n) is 5.25. The zero-order valence-electron chi connectivity index (χ0n) is 13.5. The highest BCUT2D eigenvalue weighted by Crippen LogP contribution is 2.13. The lowest BCUT2D eigenvalue weighted by Gasteiger charge is -2.21. The number of sulfonamides is 1. The number of amides is 2. The van der Waals surface area contributed by atoms with Crippen LogP contribution >= 0.6 is 0 Å². The largest absolute Gasteiger partial charge is 0.337 e. The molecule has 2 aromatic carbocycles. The summed E-state index contributed by atoms with van der Waals surface area (Å²) in [5.74, 6) is 0. The van der Waals surface area contributed by atoms with E-state index in [9.17, 15) is 13.2 Å². The number of nitrogens with zero attached hydrogens (tertiary/aromatic N) is 1. The van der Waals surface area contributed by atoms with E-state index in [1.54, 1.807) is 17.0 Å². The second kappa shape index (κ2) is 7.94. The third kappa shape index (κ3) is 4.81. The number of rotatable bonds is 6. The number of nitrogens with one attached hydrogen (secondary N) is 1. The third-order valence-corrected chi connectivity index (χ3v) is 4.50. The predicted molar refractivity (Wildman–Crippen MR) is 94.4 cm³/mol. The van der Waals surface area contributed by atoms with Gasteiger partial charge in [0.05, 0.1) is 4.90 Å². The number of hydrogen-bond acceptors (Lipinski definition) is 3. The Kier molecular flexibility index (Phi) is 5.94. The van der Waals surface area contributed by atoms with E-state index >= 15 is 0 Å². The lowest BCUT2D eigenvalue weighted by atomic mass is 10.1. The molecular formula is C17H21N3O3S. The summed E-state index contributed by atoms with van der Waals surface area (Å²) < 4.78 is 22.4. The number of primary sulfonamides is 1. The standard InChI is InChI=1S/C17H21N3O3S/c1-2-20(15-6-4-3-5-7-15)17(21)19-13-12-14-8-10-16(11-9-14)24(18,22)23/h3-11H,2,12-13H2,1H3,(H,19,21)(H2,18,22,23). The average molecular weight is 347 g/mol. The van der Waals surface area contributed by atoms with Crippen molar-refractivity contribution in [2.45, 2.75) is 18.2 Å². The van der Waals surface area contributed by atoms with Crippen LogP contribution in [-0.4, -0.2) is 27.5 Å². The molecule has 0 fully saturated rings. The predicted octanol–water partition coefficient (Wildman–Crippen LogP) is 2.11. The van der Waals surface area contributed by atoms with Gasteiger partial charge in [0.1, 0.15) is 0 Å². The molecule has 0 aliphatic heterocycles. The first-order chi connectivity index (χ1) is 11.4. The number of carbonyl (C=O) groups excluding carboxylic acids is 1. The van der Waals surface area contributed by atoms with Gasteiger partial charge in [-0.15, -0.1) is 0 Å². The Morgan fingerprint density at radius 2 is 1.71 bits per heavy atom. The number of para-hydroxylation sites is 1. The van der Waals surface area contributed by atoms with Gasteiger partial charge in [-0.1, -0.05) is 30.3 Å². The zero-order valence-corrected chi connectivity index (χ0v) is 14.3. The van der Waals surface area contributed by atoms with Crippen molar-refractivity contribution < 1.29 is 13.2 Å². The van der Waals surface area contributed by atoms with Crippen molar-refractivity contribution in [3.8, 4) is 0 Å². The summed E-state index contributed by atoms with van der Waals surface area (Å²) in [6.45, 7) is 2.94. The van der Waals surface area contributed by atoms with Crippen molar-refractivity contribution in [2.75, 3.05) is 18.0 Å². The Morgan fingerprint density at radius 3 is 2.25 bits per heavy atom. The van der Waals surface area contributed by atoms with E-state index in [2.05, 4.69) is 5.32 Å². The van der Waals surface area contributed by atoms with E-state index in [0.717, 1.165) is 11.3 Å². The van der Waals surface area contributed by atoms with Crippen LogP contribution in [0, 0.1) is 0 Å². The van der Waals surface area contributed by atoms with Gasteiger partial charge in [-0.2, -0.15) is 0 Å². The molecule has 0 unspecified atom stereocenters. The maximum atomic E-state index is 12.3. The molecule has 2 amide bonds. The minimum atomic E-state index is -3.68. The van der Waals surface area contributed by atoms with Crippen LogP contribution in [0.2, 0.25) is 0 Å². The first kappa shape index (κ1) is 18.0. The van der Waals surface area contributed by atoms with Crippen LogP contribution in [0.25, 0.3) is 0 Å². The van der Waals surface area contributed by atoms with Crippen LogP contribution in [0.4, 0.5) is 10.5 Å². The van der Waals surface area contributed by atoms with Crippen molar-refractivity contribution in [1.29, 1.82) is 0 Å². The minimum Gasteiger partial charge on any atom is -0.337 e. The highest BCUT2D eigenvalue weighted by molar-refractivity contribution is 7.89. The number of anilines is 1. The smallest absolute Gasteiger partial charge is 0.321 e. The van der Waals surface area contributed by atoms with E-state index < -0.39 is 10.0 Å². The molecule has 3 N–H and O–H groups in total. The molecule has 0 saturated heterocycles. The van der Waals surface area contributed by atoms with E-state index in [-0.39, 0.29) is 10.9 Å². The van der Waals surface area contributed by atoms with Crippen molar-refractivity contribution in [2.24, 2.45) is 5.14 Å². The SMILES string of the molecule is CCN(C(=O)NCCc1ccc(S(N)(=O)=O)cc1)c1ccccc1. The molecule has 0 aliphatic carbocycles. The number of urea groups is 1. The Morgan fingerprint density at radius 1 is 1.08 bits per heavy atom. The Bertz CT molecular complexity index is 774. The lowest BCUT2D eigenvalue weighted by molar-refractivity contribution is 0.246. The van der Waals surface area contributed by atoms with Crippen LogP contribution in [0.3, 0.4) is 0 Å². The fraction of sp³-hybridized carbons (Fsp3) is 0.235. The highest BCUT2D eigenvalue weighted by Gasteiger charge is 2.12. The van der Waals surface area contributed by atoms with Crippen LogP contribution in [-0.2, 0) is 16.4 Å². The van der Waals surface area contributed by atoms with Gasteiger partial charge in [0.2, 0.25) is 10.0 Å². The van der Waals surface area contributed by atoms with Crippen LogP contribution in [0.1, 0.15) is 12.5 Å². The molecule has 2 rings (SSSR count). The fourth-order valence-corrected chi connectivity index (χ4v) is 2.82. The maximum Gasteiger partial charge on any atom is 0.321 e. The topological polar surface area (TPSA) is 92.5 Å². The summed E-state index contributed by atoms with van der Waals surface area (Å²) in [5.41, 5.74) is 1.76. The van der Waals surface area contributed by atoms with E-state index in [1.165, 1.54) is 12.1 Å². The summed E-state index contributed by atoms with van der Waals surface area (Å²) in [5, 5.41) is 7.93. The zero-order chi connectivity index (χ0) is 17.6. The van der Waals surface area contributed by atoms with Gasteiger partial charge in [0.15, 0.2) is 0 Å². The van der Waals surface area contributed by atoms with Gasteiger partial charge in [0.25, 0.3) is 0 Å². The summed E-state index contributed by atoms with van der Waals surface area (Å²) >= 11 is 0. The van der Waals surface area contributed by atoms with Gasteiger partial charge in [-0.05, 0) is 43.2 Å². The Balaban J connectivity index is 1.90. The molecule has 7 heteroatoms. The molecule has 0 bridgehead atoms. The number of hydrogen-bond donors (Lipinski definition) is 2. The molecule has 24 heavy (non-hydrogen) atoms. The second-order valence-corrected chi connectivity index (χ2v) is 6.81. The maximum absolute atomic E-state index is 12.3. The van der Waals surface area contributed by atoms with Gasteiger partial charge in [-0.25, -0.2) is 18.4 Å². The van der Waals surface area contributed by atoms with Crippen molar-refractivity contribution in [3.05, 3.63) is 60.2 Å². The molecule has 0 aromatic heterocycles. The molecule has 6 nitrogen and oxygen atoms in total. The molecule has 0 spiro atoms. The Labute approximate surface area is 142 Å². The molecule has 0 heterocycles. The van der Waals surface area contributed by atoms with Gasteiger partial charge in [-0.3, -0.25) is 4.90 Å². The Hall–Kier alpha value is -2.38. The lowest BCUT2D eigenvalue weighted by Crippen LogP contribution is -2.40. The molecule has 0 saturated carbocycles. The van der Waals surface area contributed by atoms with Crippen molar-refractivity contribution in [3.63, 3.8) is 0 Å². The van der Waals surface area contributed by atoms with E-state index in [1.807, 2.05) is 37.3 Å². The fourth-order valence-electron chi connectivity index (χ4n) is 2.31. The van der Waals surface area contributed by atoms with Gasteiger partial charge in [0, 0.05) is 18.8 Å². The van der Waals surface area contributed by atoms with Crippen molar-refractivity contribution >= 4 is 21.7 Å². The van der Waals surface area contributed by atoms with Gasteiger partial charge >= 0.3 is 6.03 Å². The van der Waals surface area contributed by atoms with Gasteiger partial charge < -0.3 is 5.32 Å². The first-order valence-electron chi connectivity index (χ1n) is 7.64. The summed E-state index contributed by atoms with van der Waals surface area (Å²) in [4.78, 5) is 14.0. The first-order valence-corrected chi connectivity index (χ1v) is 9.18. The number of nitrogens with two attached hydrogens (primary N) is 1. The highest BCUT2D eigenvalue weighted by atomic mass is 32.2. The molecule has 0 aliphatic rings. The minimum absolute atomic E-state index is 0.0801. The molecular weight excluding hydrogens is 326 g/mol. The van der Waals surface area contributed by atoms with Crippen LogP contribution in [0.15, 0.2) is 59.5 Å². The molecule has 0 atom stereocenters. The number of carbonyl (C=O) groups is 1. The van der Waals surface area contributed by atoms with Crippen molar-refractivity contribution in [1.82, 2.24) is 5.32 Å². The van der Waals surface area contributed by atoms with E-state index in [0.29, 0.717) is 19.5 Å². The van der Waals surface area contributed by atoms with E-state index in [4.69, 9.17) is 5.14 Å². The monoisotopic (exact) mass is 347 g/mol. The average Bonchev–Trinajstić information content (AvgIpc) is 2.56.